The summed E-state index contributed by atoms with van der Waals surface area (Å²) in [5.41, 5.74) is 2.86. The van der Waals surface area contributed by atoms with Crippen molar-refractivity contribution in [1.82, 2.24) is 19.4 Å². The number of hydrogen-bond acceptors (Lipinski definition) is 5. The van der Waals surface area contributed by atoms with Gasteiger partial charge in [-0.1, -0.05) is 0 Å². The van der Waals surface area contributed by atoms with Crippen molar-refractivity contribution < 1.29 is 0 Å². The molecule has 4 aromatic rings. The van der Waals surface area contributed by atoms with Gasteiger partial charge in [-0.2, -0.15) is 0 Å². The lowest BCUT2D eigenvalue weighted by molar-refractivity contribution is 1.11. The Bertz CT molecular complexity index is 934. The Kier molecular flexibility index (Phi) is 4.93. The maximum absolute atomic E-state index is 4.64. The van der Waals surface area contributed by atoms with Crippen molar-refractivity contribution in [3.8, 4) is 11.4 Å². The second-order valence-electron chi connectivity index (χ2n) is 4.60. The predicted octanol–water partition coefficient (Wildman–Crippen LogP) is 4.78. The summed E-state index contributed by atoms with van der Waals surface area (Å²) in [7, 11) is 0. The molecule has 0 radical (unpaired) electrons. The average molecular weight is 500 g/mol. The van der Waals surface area contributed by atoms with Crippen molar-refractivity contribution in [2.75, 3.05) is 5.32 Å². The standard InChI is InChI=1S/C15H10IN5S.BrH/c16-10-2-4-11(5-3-10)19-15-20-12(9-22-15)13-8-18-14-17-6-1-7-21(13)14;/h1-9H,(H,19,20);1H. The molecule has 0 unspecified atom stereocenters. The molecule has 1 N–H and O–H groups in total. The molecule has 5 nitrogen and oxygen atoms in total. The van der Waals surface area contributed by atoms with E-state index in [0.717, 1.165) is 22.2 Å². The number of nitrogens with zero attached hydrogens (tertiary/aromatic N) is 4. The molecule has 0 fully saturated rings. The third-order valence-corrected chi connectivity index (χ3v) is 4.63. The first-order chi connectivity index (χ1) is 10.8. The van der Waals surface area contributed by atoms with Gasteiger partial charge in [-0.05, 0) is 52.9 Å². The van der Waals surface area contributed by atoms with Crippen LogP contribution in [0.2, 0.25) is 0 Å². The fourth-order valence-corrected chi connectivity index (χ4v) is 3.21. The van der Waals surface area contributed by atoms with E-state index in [1.807, 2.05) is 34.2 Å². The summed E-state index contributed by atoms with van der Waals surface area (Å²) in [6.07, 6.45) is 5.47. The lowest BCUT2D eigenvalue weighted by Crippen LogP contribution is -1.91. The second kappa shape index (κ2) is 6.93. The van der Waals surface area contributed by atoms with Gasteiger partial charge in [0.15, 0.2) is 5.13 Å². The number of imidazole rings is 1. The van der Waals surface area contributed by atoms with Crippen LogP contribution in [0.4, 0.5) is 10.8 Å². The maximum atomic E-state index is 4.64. The Morgan fingerprint density at radius 1 is 1.13 bits per heavy atom. The Labute approximate surface area is 160 Å². The largest absolute Gasteiger partial charge is 0.332 e. The van der Waals surface area contributed by atoms with Crippen LogP contribution in [0, 0.1) is 3.57 Å². The van der Waals surface area contributed by atoms with E-state index in [1.54, 1.807) is 23.7 Å². The van der Waals surface area contributed by atoms with Crippen LogP contribution in [-0.2, 0) is 0 Å². The minimum Gasteiger partial charge on any atom is -0.332 e. The van der Waals surface area contributed by atoms with Crippen LogP contribution >= 0.6 is 50.9 Å². The number of hydrogen-bond donors (Lipinski definition) is 1. The Morgan fingerprint density at radius 2 is 1.96 bits per heavy atom. The van der Waals surface area contributed by atoms with Crippen molar-refractivity contribution in [2.45, 2.75) is 0 Å². The van der Waals surface area contributed by atoms with Crippen molar-refractivity contribution in [1.29, 1.82) is 0 Å². The number of rotatable bonds is 3. The van der Waals surface area contributed by atoms with Crippen LogP contribution < -0.4 is 5.32 Å². The van der Waals surface area contributed by atoms with Crippen LogP contribution in [0.15, 0.2) is 54.3 Å². The van der Waals surface area contributed by atoms with Crippen LogP contribution in [0.5, 0.6) is 0 Å². The molecule has 3 aromatic heterocycles. The van der Waals surface area contributed by atoms with Gasteiger partial charge in [-0.15, -0.1) is 28.3 Å². The number of benzene rings is 1. The first-order valence-electron chi connectivity index (χ1n) is 6.56. The summed E-state index contributed by atoms with van der Waals surface area (Å²) >= 11 is 3.86. The Balaban J connectivity index is 0.00000156. The van der Waals surface area contributed by atoms with Crippen LogP contribution in [0.1, 0.15) is 0 Å². The first-order valence-corrected chi connectivity index (χ1v) is 8.52. The van der Waals surface area contributed by atoms with E-state index < -0.39 is 0 Å². The summed E-state index contributed by atoms with van der Waals surface area (Å²) in [6.45, 7) is 0. The second-order valence-corrected chi connectivity index (χ2v) is 6.71. The molecular weight excluding hydrogens is 489 g/mol. The van der Waals surface area contributed by atoms with Crippen LogP contribution in [0.25, 0.3) is 17.2 Å². The number of anilines is 2. The molecule has 1 aromatic carbocycles. The highest BCUT2D eigenvalue weighted by molar-refractivity contribution is 14.1. The molecule has 8 heteroatoms. The molecule has 0 amide bonds. The number of halogens is 2. The van der Waals surface area contributed by atoms with Gasteiger partial charge in [-0.3, -0.25) is 4.40 Å². The van der Waals surface area contributed by atoms with Crippen molar-refractivity contribution in [3.63, 3.8) is 0 Å². The predicted molar refractivity (Wildman–Crippen MR) is 107 cm³/mol. The van der Waals surface area contributed by atoms with E-state index in [9.17, 15) is 0 Å². The lowest BCUT2D eigenvalue weighted by Gasteiger charge is -2.02. The normalized spacial score (nSPS) is 10.5. The fraction of sp³-hybridized carbons (Fsp3) is 0. The fourth-order valence-electron chi connectivity index (χ4n) is 2.12. The van der Waals surface area contributed by atoms with Gasteiger partial charge < -0.3 is 5.32 Å². The quantitative estimate of drug-likeness (QED) is 0.412. The number of fused-ring (bicyclic) bond motifs is 1. The van der Waals surface area contributed by atoms with Gasteiger partial charge in [0.05, 0.1) is 11.9 Å². The molecule has 23 heavy (non-hydrogen) atoms. The molecule has 3 heterocycles. The number of nitrogens with one attached hydrogen (secondary N) is 1. The molecule has 0 atom stereocenters. The highest BCUT2D eigenvalue weighted by Gasteiger charge is 2.10. The zero-order valence-corrected chi connectivity index (χ0v) is 16.4. The van der Waals surface area contributed by atoms with Gasteiger partial charge in [0.1, 0.15) is 5.69 Å². The summed E-state index contributed by atoms with van der Waals surface area (Å²) in [5, 5.41) is 6.20. The van der Waals surface area contributed by atoms with Gasteiger partial charge in [-0.25, -0.2) is 15.0 Å². The van der Waals surface area contributed by atoms with Crippen LogP contribution in [0.3, 0.4) is 0 Å². The zero-order valence-electron chi connectivity index (χ0n) is 11.7. The molecule has 0 bridgehead atoms. The zero-order chi connectivity index (χ0) is 14.9. The highest BCUT2D eigenvalue weighted by Crippen LogP contribution is 2.27. The smallest absolute Gasteiger partial charge is 0.234 e. The van der Waals surface area contributed by atoms with Gasteiger partial charge >= 0.3 is 0 Å². The molecule has 0 spiro atoms. The molecule has 0 saturated heterocycles. The highest BCUT2D eigenvalue weighted by atomic mass is 127. The molecule has 116 valence electrons. The molecular formula is C15H11BrIN5S. The van der Waals surface area contributed by atoms with E-state index in [-0.39, 0.29) is 17.0 Å². The topological polar surface area (TPSA) is 55.1 Å². The van der Waals surface area contributed by atoms with E-state index in [4.69, 9.17) is 0 Å². The third-order valence-electron chi connectivity index (χ3n) is 3.15. The van der Waals surface area contributed by atoms with Crippen molar-refractivity contribution in [3.05, 3.63) is 57.9 Å². The Hall–Kier alpha value is -1.52. The number of thiazole rings is 1. The van der Waals surface area contributed by atoms with Crippen molar-refractivity contribution in [2.24, 2.45) is 0 Å². The SMILES string of the molecule is Br.Ic1ccc(Nc2nc(-c3cnc4ncccn34)cs2)cc1. The minimum absolute atomic E-state index is 0. The molecule has 0 aliphatic carbocycles. The molecule has 0 aliphatic rings. The average Bonchev–Trinajstić information content (AvgIpc) is 3.16. The summed E-state index contributed by atoms with van der Waals surface area (Å²) in [6, 6.07) is 10.1. The van der Waals surface area contributed by atoms with E-state index in [0.29, 0.717) is 5.78 Å². The molecule has 4 rings (SSSR count). The summed E-state index contributed by atoms with van der Waals surface area (Å²) < 4.78 is 3.14. The van der Waals surface area contributed by atoms with Gasteiger partial charge in [0.2, 0.25) is 5.78 Å². The first kappa shape index (κ1) is 16.3. The van der Waals surface area contributed by atoms with Gasteiger partial charge in [0.25, 0.3) is 0 Å². The number of aromatic nitrogens is 4. The van der Waals surface area contributed by atoms with Crippen molar-refractivity contribution >= 4 is 67.5 Å². The molecule has 0 saturated carbocycles. The van der Waals surface area contributed by atoms with E-state index in [2.05, 4.69) is 55.0 Å². The third kappa shape index (κ3) is 3.38. The summed E-state index contributed by atoms with van der Waals surface area (Å²) in [4.78, 5) is 13.2. The van der Waals surface area contributed by atoms with Gasteiger partial charge in [0, 0.05) is 27.0 Å². The minimum atomic E-state index is 0. The van der Waals surface area contributed by atoms with Crippen LogP contribution in [-0.4, -0.2) is 19.4 Å². The summed E-state index contributed by atoms with van der Waals surface area (Å²) in [5.74, 6) is 0.678. The molecule has 0 aliphatic heterocycles. The van der Waals surface area contributed by atoms with E-state index in [1.165, 1.54) is 3.57 Å². The van der Waals surface area contributed by atoms with E-state index >= 15 is 0 Å². The Morgan fingerprint density at radius 3 is 2.78 bits per heavy atom. The monoisotopic (exact) mass is 499 g/mol. The maximum Gasteiger partial charge on any atom is 0.234 e. The lowest BCUT2D eigenvalue weighted by atomic mass is 10.3.